The van der Waals surface area contributed by atoms with E-state index in [-0.39, 0.29) is 30.8 Å². The minimum Gasteiger partial charge on any atom is -0.494 e. The minimum absolute atomic E-state index is 0.0465. The second-order valence-corrected chi connectivity index (χ2v) is 17.0. The van der Waals surface area contributed by atoms with E-state index in [0.717, 1.165) is 93.3 Å². The highest BCUT2D eigenvalue weighted by Gasteiger charge is 2.26. The highest BCUT2D eigenvalue weighted by molar-refractivity contribution is 7.07. The molecule has 0 saturated carbocycles. The normalized spacial score (nSPS) is 14.8. The first-order chi connectivity index (χ1) is 29.3. The lowest BCUT2D eigenvalue weighted by Crippen LogP contribution is -2.39. The van der Waals surface area contributed by atoms with Crippen LogP contribution in [-0.2, 0) is 28.1 Å². The monoisotopic (exact) mass is 854 g/mol. The Kier molecular flexibility index (Phi) is 17.0. The van der Waals surface area contributed by atoms with Crippen molar-refractivity contribution in [1.82, 2.24) is 19.8 Å². The largest absolute Gasteiger partial charge is 0.494 e. The standard InChI is InChI=1S/C27H32N2O3S.C20H26N2O4S/c1-27(2,22-6-4-3-5-7-22)23-8-10-25(11-9-23)31-17-14-21-12-15-29(16-13-21)26(30)32-18-24-19-33-20-28-24;1-2-24-18-5-3-4-6-19(18)25-12-9-16-7-10-22(11-8-16)20(23)26-13-17-14-27-15-21-17/h3-11,19-21H,12-18H2,1-2H3;3-6,14-16H,2,7-13H2,1H3. The van der Waals surface area contributed by atoms with Crippen LogP contribution >= 0.6 is 22.7 Å². The molecular weight excluding hydrogens is 797 g/mol. The zero-order valence-electron chi connectivity index (χ0n) is 35.0. The lowest BCUT2D eigenvalue weighted by Gasteiger charge is -2.31. The summed E-state index contributed by atoms with van der Waals surface area (Å²) in [6, 6.07) is 26.8. The molecule has 0 spiro atoms. The first-order valence-electron chi connectivity index (χ1n) is 21.0. The number of likely N-dealkylation sites (tertiary alicyclic amines) is 2. The molecule has 0 unspecified atom stereocenters. The number of nitrogens with zero attached hydrogens (tertiary/aromatic N) is 4. The molecule has 0 bridgehead atoms. The van der Waals surface area contributed by atoms with Crippen molar-refractivity contribution in [2.75, 3.05) is 46.0 Å². The molecule has 3 aromatic carbocycles. The van der Waals surface area contributed by atoms with Crippen molar-refractivity contribution < 1.29 is 33.3 Å². The number of hydrogen-bond acceptors (Lipinski definition) is 11. The summed E-state index contributed by atoms with van der Waals surface area (Å²) >= 11 is 3.01. The van der Waals surface area contributed by atoms with Crippen LogP contribution in [0.3, 0.4) is 0 Å². The van der Waals surface area contributed by atoms with Gasteiger partial charge in [-0.1, -0.05) is 68.4 Å². The Labute approximate surface area is 362 Å². The molecule has 0 N–H and O–H groups in total. The van der Waals surface area contributed by atoms with E-state index in [4.69, 9.17) is 23.7 Å². The third-order valence-electron chi connectivity index (χ3n) is 11.2. The first kappa shape index (κ1) is 44.4. The fraction of sp³-hybridized carbons (Fsp3) is 0.447. The van der Waals surface area contributed by atoms with Gasteiger partial charge in [-0.15, -0.1) is 22.7 Å². The van der Waals surface area contributed by atoms with Crippen molar-refractivity contribution in [2.24, 2.45) is 11.8 Å². The van der Waals surface area contributed by atoms with Crippen LogP contribution in [0.1, 0.15) is 81.8 Å². The highest BCUT2D eigenvalue weighted by Crippen LogP contribution is 2.33. The predicted octanol–water partition coefficient (Wildman–Crippen LogP) is 10.6. The van der Waals surface area contributed by atoms with E-state index in [2.05, 4.69) is 78.4 Å². The molecule has 0 radical (unpaired) electrons. The Morgan fingerprint density at radius 1 is 0.633 bits per heavy atom. The minimum atomic E-state index is -0.247. The van der Waals surface area contributed by atoms with Crippen LogP contribution in [0, 0.1) is 11.8 Å². The van der Waals surface area contributed by atoms with E-state index >= 15 is 0 Å². The van der Waals surface area contributed by atoms with Crippen molar-refractivity contribution in [3.8, 4) is 17.2 Å². The molecule has 2 amide bonds. The summed E-state index contributed by atoms with van der Waals surface area (Å²) in [6.45, 7) is 11.9. The first-order valence-corrected chi connectivity index (χ1v) is 22.9. The maximum atomic E-state index is 12.2. The van der Waals surface area contributed by atoms with Gasteiger partial charge in [0, 0.05) is 42.4 Å². The summed E-state index contributed by atoms with van der Waals surface area (Å²) in [4.78, 5) is 36.2. The SMILES string of the molecule is CC(C)(c1ccccc1)c1ccc(OCCC2CCN(C(=O)OCc3cscn3)CC2)cc1.CCOc1ccccc1OCCC1CCN(C(=O)OCc2cscn2)CC1. The van der Waals surface area contributed by atoms with Crippen molar-refractivity contribution >= 4 is 34.9 Å². The van der Waals surface area contributed by atoms with Crippen LogP contribution in [0.4, 0.5) is 9.59 Å². The summed E-state index contributed by atoms with van der Waals surface area (Å²) in [5.74, 6) is 3.63. The third-order valence-corrected chi connectivity index (χ3v) is 12.5. The van der Waals surface area contributed by atoms with Gasteiger partial charge in [-0.05, 0) is 92.7 Å². The van der Waals surface area contributed by atoms with E-state index in [1.807, 2.05) is 41.9 Å². The average molecular weight is 855 g/mol. The number of aromatic nitrogens is 2. The Hall–Kier alpha value is -5.14. The van der Waals surface area contributed by atoms with Gasteiger partial charge in [0.05, 0.1) is 42.2 Å². The Morgan fingerprint density at radius 3 is 1.58 bits per heavy atom. The number of carbonyl (C=O) groups is 2. The fourth-order valence-corrected chi connectivity index (χ4v) is 8.48. The van der Waals surface area contributed by atoms with Gasteiger partial charge in [0.1, 0.15) is 19.0 Å². The predicted molar refractivity (Wildman–Crippen MR) is 236 cm³/mol. The summed E-state index contributed by atoms with van der Waals surface area (Å²) in [7, 11) is 0. The van der Waals surface area contributed by atoms with Gasteiger partial charge in [-0.3, -0.25) is 0 Å². The van der Waals surface area contributed by atoms with Crippen molar-refractivity contribution in [1.29, 1.82) is 0 Å². The second-order valence-electron chi connectivity index (χ2n) is 15.6. The van der Waals surface area contributed by atoms with Crippen LogP contribution in [-0.4, -0.2) is 78.0 Å². The molecule has 4 heterocycles. The van der Waals surface area contributed by atoms with Gasteiger partial charge in [0.25, 0.3) is 0 Å². The van der Waals surface area contributed by atoms with Crippen molar-refractivity contribution in [3.05, 3.63) is 123 Å². The van der Waals surface area contributed by atoms with Crippen LogP contribution in [0.25, 0.3) is 0 Å². The molecule has 0 aliphatic carbocycles. The van der Waals surface area contributed by atoms with E-state index in [9.17, 15) is 9.59 Å². The number of amides is 2. The number of ether oxygens (including phenoxy) is 5. The fourth-order valence-electron chi connectivity index (χ4n) is 7.39. The maximum absolute atomic E-state index is 12.2. The second kappa shape index (κ2) is 23.0. The van der Waals surface area contributed by atoms with E-state index in [1.54, 1.807) is 20.8 Å². The zero-order valence-corrected chi connectivity index (χ0v) is 36.7. The van der Waals surface area contributed by atoms with Crippen molar-refractivity contribution in [3.63, 3.8) is 0 Å². The molecule has 0 atom stereocenters. The molecular formula is C47H58N4O7S2. The molecule has 2 saturated heterocycles. The smallest absolute Gasteiger partial charge is 0.410 e. The molecule has 13 heteroatoms. The number of hydrogen-bond donors (Lipinski definition) is 0. The molecule has 320 valence electrons. The zero-order chi connectivity index (χ0) is 42.0. The number of rotatable bonds is 16. The maximum Gasteiger partial charge on any atom is 0.410 e. The van der Waals surface area contributed by atoms with Gasteiger partial charge in [0.2, 0.25) is 0 Å². The van der Waals surface area contributed by atoms with Gasteiger partial charge in [0.15, 0.2) is 11.5 Å². The van der Waals surface area contributed by atoms with Crippen LogP contribution in [0.5, 0.6) is 17.2 Å². The summed E-state index contributed by atoms with van der Waals surface area (Å²) < 4.78 is 28.2. The number of thiazole rings is 2. The molecule has 11 nitrogen and oxygen atoms in total. The molecule has 2 fully saturated rings. The highest BCUT2D eigenvalue weighted by atomic mass is 32.1. The van der Waals surface area contributed by atoms with E-state index in [1.165, 1.54) is 33.8 Å². The summed E-state index contributed by atoms with van der Waals surface area (Å²) in [5.41, 5.74) is 7.62. The van der Waals surface area contributed by atoms with Crippen LogP contribution in [0.15, 0.2) is 101 Å². The third kappa shape index (κ3) is 13.4. The summed E-state index contributed by atoms with van der Waals surface area (Å²) in [6.07, 6.45) is 5.41. The van der Waals surface area contributed by atoms with Gasteiger partial charge >= 0.3 is 12.2 Å². The molecule has 7 rings (SSSR count). The molecule has 5 aromatic rings. The van der Waals surface area contributed by atoms with Crippen LogP contribution in [0.2, 0.25) is 0 Å². The van der Waals surface area contributed by atoms with E-state index < -0.39 is 0 Å². The molecule has 2 aliphatic rings. The molecule has 2 aromatic heterocycles. The Bertz CT molecular complexity index is 1980. The molecule has 60 heavy (non-hydrogen) atoms. The number of benzene rings is 3. The van der Waals surface area contributed by atoms with E-state index in [0.29, 0.717) is 31.7 Å². The van der Waals surface area contributed by atoms with Gasteiger partial charge in [-0.2, -0.15) is 0 Å². The lowest BCUT2D eigenvalue weighted by molar-refractivity contribution is 0.0785. The number of carbonyl (C=O) groups excluding carboxylic acids is 2. The number of piperidine rings is 2. The Balaban J connectivity index is 0.000000205. The van der Waals surface area contributed by atoms with Gasteiger partial charge in [-0.25, -0.2) is 19.6 Å². The lowest BCUT2D eigenvalue weighted by atomic mass is 9.78. The van der Waals surface area contributed by atoms with Gasteiger partial charge < -0.3 is 33.5 Å². The number of para-hydroxylation sites is 2. The summed E-state index contributed by atoms with van der Waals surface area (Å²) in [5, 5.41) is 3.79. The quantitative estimate of drug-likeness (QED) is 0.0957. The van der Waals surface area contributed by atoms with Crippen LogP contribution < -0.4 is 14.2 Å². The Morgan fingerprint density at radius 2 is 1.10 bits per heavy atom. The topological polar surface area (TPSA) is 113 Å². The molecule has 2 aliphatic heterocycles. The average Bonchev–Trinajstić information content (AvgIpc) is 4.02. The van der Waals surface area contributed by atoms with Crippen molar-refractivity contribution in [2.45, 2.75) is 77.9 Å².